The minimum atomic E-state index is -1.12. The van der Waals surface area contributed by atoms with Crippen LogP contribution in [-0.4, -0.2) is 41.4 Å². The summed E-state index contributed by atoms with van der Waals surface area (Å²) in [6.07, 6.45) is 0.785. The summed E-state index contributed by atoms with van der Waals surface area (Å²) in [5.74, 6) is -1.12. The number of carbonyl (C=O) groups is 3. The molecular formula is C20H29N5O6. The van der Waals surface area contributed by atoms with E-state index in [1.165, 1.54) is 0 Å². The fourth-order valence-electron chi connectivity index (χ4n) is 2.46. The monoisotopic (exact) mass is 435 g/mol. The van der Waals surface area contributed by atoms with Gasteiger partial charge in [0.15, 0.2) is 0 Å². The van der Waals surface area contributed by atoms with Gasteiger partial charge in [-0.1, -0.05) is 42.2 Å². The first-order valence-corrected chi connectivity index (χ1v) is 9.87. The summed E-state index contributed by atoms with van der Waals surface area (Å²) in [5, 5.41) is 17.7. The third-order valence-electron chi connectivity index (χ3n) is 3.89. The number of aliphatic carboxylic acids is 1. The first kappa shape index (κ1) is 25.6. The van der Waals surface area contributed by atoms with Gasteiger partial charge in [-0.3, -0.25) is 0 Å². The molecule has 0 fully saturated rings. The van der Waals surface area contributed by atoms with Crippen LogP contribution in [0.3, 0.4) is 0 Å². The number of nitrogens with one attached hydrogen (secondary N) is 2. The minimum absolute atomic E-state index is 0.0823. The number of benzene rings is 1. The number of hydrogen-bond acceptors (Lipinski definition) is 6. The Kier molecular flexibility index (Phi) is 10.7. The molecule has 0 aliphatic carbocycles. The summed E-state index contributed by atoms with van der Waals surface area (Å²) in [4.78, 5) is 37.4. The van der Waals surface area contributed by atoms with Gasteiger partial charge < -0.3 is 25.2 Å². The third kappa shape index (κ3) is 12.0. The summed E-state index contributed by atoms with van der Waals surface area (Å²) in [6.45, 7) is 5.55. The zero-order valence-electron chi connectivity index (χ0n) is 18.0. The smallest absolute Gasteiger partial charge is 0.408 e. The van der Waals surface area contributed by atoms with Crippen molar-refractivity contribution >= 4 is 23.8 Å². The number of rotatable bonds is 11. The van der Waals surface area contributed by atoms with E-state index in [0.29, 0.717) is 31.5 Å². The topological polar surface area (TPSA) is 163 Å². The molecule has 1 atom stereocenters. The lowest BCUT2D eigenvalue weighted by Gasteiger charge is -2.22. The maximum Gasteiger partial charge on any atom is 0.408 e. The van der Waals surface area contributed by atoms with Gasteiger partial charge >= 0.3 is 18.2 Å². The highest BCUT2D eigenvalue weighted by Crippen LogP contribution is 2.13. The van der Waals surface area contributed by atoms with Gasteiger partial charge in [-0.25, -0.2) is 14.4 Å². The number of ether oxygens (including phenoxy) is 2. The lowest BCUT2D eigenvalue weighted by atomic mass is 10.1. The second-order valence-corrected chi connectivity index (χ2v) is 7.75. The largest absolute Gasteiger partial charge is 0.480 e. The number of unbranched alkanes of at least 4 members (excludes halogenated alkanes) is 2. The van der Waals surface area contributed by atoms with E-state index in [2.05, 4.69) is 20.7 Å². The molecule has 1 aromatic carbocycles. The Morgan fingerprint density at radius 2 is 1.81 bits per heavy atom. The van der Waals surface area contributed by atoms with Crippen LogP contribution >= 0.6 is 0 Å². The Morgan fingerprint density at radius 1 is 1.13 bits per heavy atom. The summed E-state index contributed by atoms with van der Waals surface area (Å²) in [5.41, 5.74) is 8.88. The van der Waals surface area contributed by atoms with Gasteiger partial charge in [0, 0.05) is 17.1 Å². The Hall–Kier alpha value is -3.46. The molecule has 2 amide bonds. The van der Waals surface area contributed by atoms with E-state index in [1.54, 1.807) is 45.0 Å². The molecule has 1 aromatic rings. The molecule has 0 spiro atoms. The molecule has 0 bridgehead atoms. The van der Waals surface area contributed by atoms with Crippen molar-refractivity contribution in [1.29, 1.82) is 0 Å². The molecule has 11 nitrogen and oxygen atoms in total. The highest BCUT2D eigenvalue weighted by Gasteiger charge is 2.23. The molecule has 31 heavy (non-hydrogen) atoms. The first-order valence-electron chi connectivity index (χ1n) is 9.87. The van der Waals surface area contributed by atoms with E-state index >= 15 is 0 Å². The van der Waals surface area contributed by atoms with Crippen molar-refractivity contribution in [1.82, 2.24) is 10.6 Å². The van der Waals surface area contributed by atoms with Crippen LogP contribution in [0.5, 0.6) is 0 Å². The van der Waals surface area contributed by atoms with Crippen LogP contribution in [0, 0.1) is 0 Å². The van der Waals surface area contributed by atoms with Crippen molar-refractivity contribution < 1.29 is 29.0 Å². The zero-order valence-corrected chi connectivity index (χ0v) is 18.0. The molecule has 11 heteroatoms. The van der Waals surface area contributed by atoms with Crippen molar-refractivity contribution in [3.63, 3.8) is 0 Å². The Balaban J connectivity index is 2.20. The summed E-state index contributed by atoms with van der Waals surface area (Å²) in [6, 6.07) is 5.61. The van der Waals surface area contributed by atoms with Gasteiger partial charge in [0.2, 0.25) is 0 Å². The van der Waals surface area contributed by atoms with Crippen molar-refractivity contribution in [2.45, 2.75) is 64.7 Å². The summed E-state index contributed by atoms with van der Waals surface area (Å²) in [7, 11) is 0. The molecule has 0 aromatic heterocycles. The van der Waals surface area contributed by atoms with Gasteiger partial charge in [-0.2, -0.15) is 0 Å². The molecule has 0 unspecified atom stereocenters. The van der Waals surface area contributed by atoms with Gasteiger partial charge in [0.1, 0.15) is 18.2 Å². The molecule has 0 aliphatic heterocycles. The van der Waals surface area contributed by atoms with Crippen LogP contribution in [-0.2, 0) is 20.9 Å². The quantitative estimate of drug-likeness (QED) is 0.202. The molecular weight excluding hydrogens is 406 g/mol. The van der Waals surface area contributed by atoms with Crippen molar-refractivity contribution in [3.8, 4) is 0 Å². The van der Waals surface area contributed by atoms with Crippen LogP contribution in [0.1, 0.15) is 52.0 Å². The van der Waals surface area contributed by atoms with Crippen LogP contribution in [0.2, 0.25) is 0 Å². The van der Waals surface area contributed by atoms with Gasteiger partial charge in [0.05, 0.1) is 0 Å². The van der Waals surface area contributed by atoms with E-state index in [4.69, 9.17) is 15.0 Å². The average Bonchev–Trinajstić information content (AvgIpc) is 2.67. The summed E-state index contributed by atoms with van der Waals surface area (Å²) >= 11 is 0. The predicted octanol–water partition coefficient (Wildman–Crippen LogP) is 4.39. The molecule has 0 saturated carbocycles. The van der Waals surface area contributed by atoms with Crippen molar-refractivity contribution in [2.24, 2.45) is 5.11 Å². The van der Waals surface area contributed by atoms with Gasteiger partial charge in [0.25, 0.3) is 0 Å². The van der Waals surface area contributed by atoms with Crippen LogP contribution in [0.25, 0.3) is 10.4 Å². The van der Waals surface area contributed by atoms with Gasteiger partial charge in [-0.15, -0.1) is 0 Å². The maximum absolute atomic E-state index is 11.7. The standard InChI is InChI=1S/C20H29N5O6/c1-20(2,3)31-19(29)23-16(17(26)27)7-5-4-6-12-22-18(28)30-13-14-8-10-15(11-9-14)24-25-21/h8-11,16H,4-7,12-13H2,1-3H3,(H,22,28)(H,23,29)(H,26,27)/t16-/m0/s1. The molecule has 0 radical (unpaired) electrons. The second-order valence-electron chi connectivity index (χ2n) is 7.75. The number of hydrogen-bond donors (Lipinski definition) is 3. The van der Waals surface area contributed by atoms with Crippen LogP contribution < -0.4 is 10.6 Å². The number of azide groups is 1. The van der Waals surface area contributed by atoms with Crippen LogP contribution in [0.4, 0.5) is 15.3 Å². The minimum Gasteiger partial charge on any atom is -0.480 e. The number of carboxylic acids is 1. The molecule has 3 N–H and O–H groups in total. The molecule has 0 saturated heterocycles. The number of carbonyl (C=O) groups excluding carboxylic acids is 2. The normalized spacial score (nSPS) is 11.6. The van der Waals surface area contributed by atoms with E-state index in [0.717, 1.165) is 5.56 Å². The predicted molar refractivity (Wildman–Crippen MR) is 113 cm³/mol. The van der Waals surface area contributed by atoms with Crippen molar-refractivity contribution in [2.75, 3.05) is 6.54 Å². The SMILES string of the molecule is CC(C)(C)OC(=O)N[C@@H](CCCCCNC(=O)OCc1ccc(N=[N+]=[N-])cc1)C(=O)O. The number of amides is 2. The third-order valence-corrected chi connectivity index (χ3v) is 3.89. The Morgan fingerprint density at radius 3 is 2.39 bits per heavy atom. The van der Waals surface area contributed by atoms with Crippen LogP contribution in [0.15, 0.2) is 29.4 Å². The lowest BCUT2D eigenvalue weighted by molar-refractivity contribution is -0.139. The molecule has 0 aliphatic rings. The number of nitrogens with zero attached hydrogens (tertiary/aromatic N) is 3. The highest BCUT2D eigenvalue weighted by atomic mass is 16.6. The van der Waals surface area contributed by atoms with Crippen molar-refractivity contribution in [3.05, 3.63) is 40.3 Å². The molecule has 1 rings (SSSR count). The first-order chi connectivity index (χ1) is 14.6. The van der Waals surface area contributed by atoms with E-state index < -0.39 is 29.8 Å². The highest BCUT2D eigenvalue weighted by molar-refractivity contribution is 5.79. The fraction of sp³-hybridized carbons (Fsp3) is 0.550. The Labute approximate surface area is 180 Å². The summed E-state index contributed by atoms with van der Waals surface area (Å²) < 4.78 is 10.2. The van der Waals surface area contributed by atoms with E-state index in [1.807, 2.05) is 0 Å². The fourth-order valence-corrected chi connectivity index (χ4v) is 2.46. The number of carboxylic acid groups (broad SMARTS) is 1. The molecule has 0 heterocycles. The zero-order chi connectivity index (χ0) is 23.3. The average molecular weight is 435 g/mol. The van der Waals surface area contributed by atoms with Gasteiger partial charge in [-0.05, 0) is 44.7 Å². The number of alkyl carbamates (subject to hydrolysis) is 2. The van der Waals surface area contributed by atoms with E-state index in [9.17, 15) is 19.5 Å². The maximum atomic E-state index is 11.7. The lowest BCUT2D eigenvalue weighted by Crippen LogP contribution is -2.43. The second kappa shape index (κ2) is 13.0. The van der Waals surface area contributed by atoms with E-state index in [-0.39, 0.29) is 13.0 Å². The Bertz CT molecular complexity index is 784. The molecule has 170 valence electrons.